The average Bonchev–Trinajstić information content (AvgIpc) is 2.61. The third-order valence-corrected chi connectivity index (χ3v) is 3.72. The summed E-state index contributed by atoms with van der Waals surface area (Å²) in [6, 6.07) is 6.44. The summed E-state index contributed by atoms with van der Waals surface area (Å²) in [5, 5.41) is 47.7. The fourth-order valence-corrected chi connectivity index (χ4v) is 2.29. The molecule has 0 aliphatic carbocycles. The molecule has 9 nitrogen and oxygen atoms in total. The Hall–Kier alpha value is -2.17. The Bertz CT molecular complexity index is 611. The van der Waals surface area contributed by atoms with Crippen LogP contribution in [0.5, 0.6) is 5.75 Å². The summed E-state index contributed by atoms with van der Waals surface area (Å²) >= 11 is 0. The number of benzene rings is 1. The smallest absolute Gasteiger partial charge is 0.371 e. The Morgan fingerprint density at radius 2 is 1.80 bits per heavy atom. The summed E-state index contributed by atoms with van der Waals surface area (Å²) in [6.45, 7) is -0.643. The molecule has 5 N–H and O–H groups in total. The van der Waals surface area contributed by atoms with Crippen LogP contribution in [0.15, 0.2) is 30.0 Å². The first-order valence-corrected chi connectivity index (χ1v) is 7.43. The molecule has 0 saturated carbocycles. The number of aliphatic hydroxyl groups excluding tert-OH is 4. The lowest BCUT2D eigenvalue weighted by molar-refractivity contribution is -0.291. The van der Waals surface area contributed by atoms with Crippen molar-refractivity contribution in [3.05, 3.63) is 35.6 Å². The number of carbonyl (C=O) groups is 1. The maximum Gasteiger partial charge on any atom is 0.371 e. The molecule has 1 aromatic carbocycles. The van der Waals surface area contributed by atoms with Crippen LogP contribution in [0.1, 0.15) is 5.56 Å². The molecule has 1 aromatic rings. The van der Waals surface area contributed by atoms with E-state index in [1.54, 1.807) is 24.3 Å². The topological polar surface area (TPSA) is 146 Å². The van der Waals surface area contributed by atoms with Crippen LogP contribution in [-0.2, 0) is 14.3 Å². The van der Waals surface area contributed by atoms with E-state index in [1.165, 1.54) is 13.2 Å². The minimum Gasteiger partial charge on any atom is -0.497 e. The van der Waals surface area contributed by atoms with Gasteiger partial charge in [-0.1, -0.05) is 12.1 Å². The van der Waals surface area contributed by atoms with Gasteiger partial charge in [0.05, 0.1) is 13.7 Å². The van der Waals surface area contributed by atoms with Gasteiger partial charge in [0.1, 0.15) is 30.2 Å². The summed E-state index contributed by atoms with van der Waals surface area (Å²) in [5.41, 5.74) is 0.489. The lowest BCUT2D eigenvalue weighted by Gasteiger charge is -2.39. The van der Waals surface area contributed by atoms with Crippen molar-refractivity contribution in [1.82, 2.24) is 0 Å². The zero-order valence-electron chi connectivity index (χ0n) is 13.3. The van der Waals surface area contributed by atoms with E-state index in [0.717, 1.165) is 0 Å². The first-order valence-electron chi connectivity index (χ1n) is 7.43. The number of hydrogen-bond donors (Lipinski definition) is 5. The maximum absolute atomic E-state index is 11.4. The van der Waals surface area contributed by atoms with Gasteiger partial charge in [-0.15, -0.1) is 0 Å². The number of carboxylic acid groups (broad SMARTS) is 1. The number of hydrogen-bond acceptors (Lipinski definition) is 8. The van der Waals surface area contributed by atoms with Gasteiger partial charge >= 0.3 is 5.97 Å². The second-order valence-corrected chi connectivity index (χ2v) is 5.40. The van der Waals surface area contributed by atoms with Crippen molar-refractivity contribution in [1.29, 1.82) is 0 Å². The maximum atomic E-state index is 11.4. The van der Waals surface area contributed by atoms with E-state index in [2.05, 4.69) is 0 Å². The molecule has 25 heavy (non-hydrogen) atoms. The van der Waals surface area contributed by atoms with Gasteiger partial charge in [0.25, 0.3) is 0 Å². The highest BCUT2D eigenvalue weighted by atomic mass is 16.7. The fraction of sp³-hybridized carbons (Fsp3) is 0.438. The van der Waals surface area contributed by atoms with E-state index in [4.69, 9.17) is 19.3 Å². The number of methoxy groups -OCH3 is 1. The summed E-state index contributed by atoms with van der Waals surface area (Å²) in [4.78, 5) is 11.4. The van der Waals surface area contributed by atoms with E-state index in [1.807, 2.05) is 0 Å². The van der Waals surface area contributed by atoms with Crippen LogP contribution < -0.4 is 4.74 Å². The quantitative estimate of drug-likeness (QED) is 0.318. The van der Waals surface area contributed by atoms with Crippen LogP contribution >= 0.6 is 0 Å². The number of carboxylic acids is 1. The molecule has 0 bridgehead atoms. The average molecular weight is 356 g/mol. The van der Waals surface area contributed by atoms with Crippen molar-refractivity contribution in [2.75, 3.05) is 13.7 Å². The minimum atomic E-state index is -1.70. The standard InChI is InChI=1S/C16H20O9/c1-23-9-4-2-8(3-5-9)6-10(15(21)22)24-16-14(20)13(19)12(18)11(7-17)25-16/h2-6,11-14,16-20H,7H2,1H3,(H,21,22)/b10-6-/t11-,12-,13+,14-,16?/m1/s1. The fourth-order valence-electron chi connectivity index (χ4n) is 2.29. The van der Waals surface area contributed by atoms with Crippen molar-refractivity contribution in [2.45, 2.75) is 30.7 Å². The summed E-state index contributed by atoms with van der Waals surface area (Å²) in [6.07, 6.45) is -6.49. The van der Waals surface area contributed by atoms with Gasteiger partial charge in [-0.25, -0.2) is 4.79 Å². The largest absolute Gasteiger partial charge is 0.497 e. The van der Waals surface area contributed by atoms with Crippen molar-refractivity contribution in [3.63, 3.8) is 0 Å². The number of aliphatic carboxylic acids is 1. The normalized spacial score (nSPS) is 30.0. The van der Waals surface area contributed by atoms with Crippen LogP contribution in [0.3, 0.4) is 0 Å². The van der Waals surface area contributed by atoms with Gasteiger partial charge < -0.3 is 39.7 Å². The molecule has 1 heterocycles. The molecule has 0 amide bonds. The Morgan fingerprint density at radius 1 is 1.16 bits per heavy atom. The third-order valence-electron chi connectivity index (χ3n) is 3.72. The molecular weight excluding hydrogens is 336 g/mol. The Morgan fingerprint density at radius 3 is 2.32 bits per heavy atom. The Kier molecular flexibility index (Phi) is 6.34. The van der Waals surface area contributed by atoms with E-state index in [9.17, 15) is 25.2 Å². The lowest BCUT2D eigenvalue weighted by atomic mass is 9.99. The number of aliphatic hydroxyl groups is 4. The van der Waals surface area contributed by atoms with Crippen molar-refractivity contribution >= 4 is 12.0 Å². The Labute approximate surface area is 143 Å². The van der Waals surface area contributed by atoms with Crippen LogP contribution in [-0.4, -0.2) is 75.9 Å². The molecule has 1 unspecified atom stereocenters. The molecule has 1 saturated heterocycles. The van der Waals surface area contributed by atoms with Gasteiger partial charge in [0, 0.05) is 0 Å². The molecule has 5 atom stereocenters. The van der Waals surface area contributed by atoms with Crippen molar-refractivity contribution < 1.29 is 44.5 Å². The first kappa shape index (κ1) is 19.2. The molecule has 2 rings (SSSR count). The van der Waals surface area contributed by atoms with Crippen LogP contribution in [0.2, 0.25) is 0 Å². The predicted octanol–water partition coefficient (Wildman–Crippen LogP) is -1.06. The third kappa shape index (κ3) is 4.47. The molecular formula is C16H20O9. The van der Waals surface area contributed by atoms with E-state index in [0.29, 0.717) is 11.3 Å². The molecule has 9 heteroatoms. The van der Waals surface area contributed by atoms with Gasteiger partial charge in [0.2, 0.25) is 12.0 Å². The molecule has 1 fully saturated rings. The van der Waals surface area contributed by atoms with Crippen LogP contribution in [0, 0.1) is 0 Å². The summed E-state index contributed by atoms with van der Waals surface area (Å²) in [7, 11) is 1.50. The van der Waals surface area contributed by atoms with Crippen LogP contribution in [0.25, 0.3) is 6.08 Å². The van der Waals surface area contributed by atoms with Gasteiger partial charge in [-0.3, -0.25) is 0 Å². The second kappa shape index (κ2) is 8.28. The molecule has 0 radical (unpaired) electrons. The zero-order valence-corrected chi connectivity index (χ0v) is 13.3. The second-order valence-electron chi connectivity index (χ2n) is 5.40. The number of rotatable bonds is 6. The van der Waals surface area contributed by atoms with E-state index < -0.39 is 49.0 Å². The van der Waals surface area contributed by atoms with E-state index >= 15 is 0 Å². The summed E-state index contributed by atoms with van der Waals surface area (Å²) in [5.74, 6) is -1.38. The zero-order chi connectivity index (χ0) is 18.6. The van der Waals surface area contributed by atoms with Crippen molar-refractivity contribution in [3.8, 4) is 5.75 Å². The van der Waals surface area contributed by atoms with Gasteiger partial charge in [-0.05, 0) is 23.8 Å². The molecule has 138 valence electrons. The molecule has 1 aliphatic heterocycles. The monoisotopic (exact) mass is 356 g/mol. The molecule has 0 spiro atoms. The highest BCUT2D eigenvalue weighted by molar-refractivity contribution is 5.89. The van der Waals surface area contributed by atoms with Gasteiger partial charge in [0.15, 0.2) is 0 Å². The molecule has 1 aliphatic rings. The lowest BCUT2D eigenvalue weighted by Crippen LogP contribution is -2.59. The van der Waals surface area contributed by atoms with Crippen molar-refractivity contribution in [2.24, 2.45) is 0 Å². The van der Waals surface area contributed by atoms with E-state index in [-0.39, 0.29) is 0 Å². The predicted molar refractivity (Wildman–Crippen MR) is 83.5 cm³/mol. The van der Waals surface area contributed by atoms with Gasteiger partial charge in [-0.2, -0.15) is 0 Å². The highest BCUT2D eigenvalue weighted by Gasteiger charge is 2.45. The first-order chi connectivity index (χ1) is 11.9. The SMILES string of the molecule is COc1ccc(/C=C(\OC2O[C@H](CO)[C@@H](O)[C@H](O)[C@H]2O)C(=O)O)cc1. The highest BCUT2D eigenvalue weighted by Crippen LogP contribution is 2.24. The molecule has 0 aromatic heterocycles. The van der Waals surface area contributed by atoms with Crippen LogP contribution in [0.4, 0.5) is 0 Å². The number of ether oxygens (including phenoxy) is 3. The Balaban J connectivity index is 2.20. The summed E-state index contributed by atoms with van der Waals surface area (Å²) < 4.78 is 15.3. The minimum absolute atomic E-state index is 0.489.